The molecule has 0 heterocycles. The van der Waals surface area contributed by atoms with Gasteiger partial charge in [-0.05, 0) is 84.1 Å². The first-order valence-electron chi connectivity index (χ1n) is 17.9. The Hall–Kier alpha value is -4.18. The van der Waals surface area contributed by atoms with Crippen LogP contribution in [0.1, 0.15) is 115 Å². The fourth-order valence-electron chi connectivity index (χ4n) is 9.13. The second-order valence-electron chi connectivity index (χ2n) is 15.8. The highest BCUT2D eigenvalue weighted by molar-refractivity contribution is 7.91. The Morgan fingerprint density at radius 3 is 2.40 bits per heavy atom. The number of aryl methyl sites for hydroxylation is 1. The fraction of sp³-hybridized carbons (Fsp3) is 0.381. The molecule has 10 heteroatoms. The van der Waals surface area contributed by atoms with Gasteiger partial charge in [0.05, 0.1) is 21.8 Å². The maximum absolute atomic E-state index is 14.2. The predicted molar refractivity (Wildman–Crippen MR) is 205 cm³/mol. The minimum Gasteiger partial charge on any atom is -0.507 e. The fourth-order valence-corrected chi connectivity index (χ4v) is 10.9. The van der Waals surface area contributed by atoms with Crippen LogP contribution in [0.3, 0.4) is 0 Å². The van der Waals surface area contributed by atoms with E-state index < -0.39 is 32.1 Å². The molecule has 0 spiro atoms. The second kappa shape index (κ2) is 12.7. The van der Waals surface area contributed by atoms with E-state index in [9.17, 15) is 23.1 Å². The van der Waals surface area contributed by atoms with Crippen LogP contribution in [0.4, 0.5) is 5.69 Å². The van der Waals surface area contributed by atoms with Crippen LogP contribution in [-0.4, -0.2) is 36.4 Å². The minimum absolute atomic E-state index is 0.0108. The summed E-state index contributed by atoms with van der Waals surface area (Å²) in [6.07, 6.45) is 11.0. The Labute approximate surface area is 310 Å². The van der Waals surface area contributed by atoms with Gasteiger partial charge in [0, 0.05) is 23.7 Å². The molecule has 4 N–H and O–H groups in total. The number of phenolic OH excluding ortho intramolecular Hbond substituents is 1. The van der Waals surface area contributed by atoms with Crippen LogP contribution in [0.2, 0.25) is 0 Å². The lowest BCUT2D eigenvalue weighted by atomic mass is 9.50. The third-order valence-electron chi connectivity index (χ3n) is 12.1. The molecule has 1 saturated carbocycles. The van der Waals surface area contributed by atoms with Crippen molar-refractivity contribution < 1.29 is 27.9 Å². The van der Waals surface area contributed by atoms with Crippen LogP contribution in [0.25, 0.3) is 0 Å². The van der Waals surface area contributed by atoms with Gasteiger partial charge in [-0.3, -0.25) is 9.59 Å². The van der Waals surface area contributed by atoms with Crippen molar-refractivity contribution in [1.29, 1.82) is 0 Å². The van der Waals surface area contributed by atoms with E-state index in [0.29, 0.717) is 18.4 Å². The average Bonchev–Trinajstić information content (AvgIpc) is 3.25. The molecule has 0 aromatic heterocycles. The summed E-state index contributed by atoms with van der Waals surface area (Å²) in [5, 5.41) is 10.9. The number of halogens is 1. The number of anilines is 1. The summed E-state index contributed by atoms with van der Waals surface area (Å²) in [5.41, 5.74) is 10.1. The van der Waals surface area contributed by atoms with E-state index >= 15 is 0 Å². The minimum atomic E-state index is -4.01. The summed E-state index contributed by atoms with van der Waals surface area (Å²) >= 11 is 6.76. The molecule has 0 radical (unpaired) electrons. The number of allylic oxidation sites excluding steroid dienone is 3. The Bertz CT molecular complexity index is 2240. The highest BCUT2D eigenvalue weighted by Gasteiger charge is 2.52. The molecule has 0 saturated heterocycles. The highest BCUT2D eigenvalue weighted by Crippen LogP contribution is 2.57. The lowest BCUT2D eigenvalue weighted by Gasteiger charge is -2.55. The van der Waals surface area contributed by atoms with Gasteiger partial charge in [0.1, 0.15) is 16.3 Å². The van der Waals surface area contributed by atoms with Crippen LogP contribution >= 0.6 is 11.6 Å². The lowest BCUT2D eigenvalue weighted by Crippen LogP contribution is -2.54. The number of fused-ring (bicyclic) bond motifs is 5. The predicted octanol–water partition coefficient (Wildman–Crippen LogP) is 8.22. The second-order valence-corrected chi connectivity index (χ2v) is 18.4. The molecule has 8 nitrogen and oxygen atoms in total. The number of aromatic hydroxyl groups is 1. The van der Waals surface area contributed by atoms with Crippen molar-refractivity contribution in [2.24, 2.45) is 11.3 Å². The largest absolute Gasteiger partial charge is 0.507 e. The zero-order valence-corrected chi connectivity index (χ0v) is 31.7. The van der Waals surface area contributed by atoms with Crippen LogP contribution in [0.15, 0.2) is 83.6 Å². The summed E-state index contributed by atoms with van der Waals surface area (Å²) < 4.78 is 35.8. The van der Waals surface area contributed by atoms with Crippen LogP contribution in [0, 0.1) is 11.3 Å². The van der Waals surface area contributed by atoms with Gasteiger partial charge in [-0.1, -0.05) is 100 Å². The van der Waals surface area contributed by atoms with Gasteiger partial charge >= 0.3 is 0 Å². The van der Waals surface area contributed by atoms with Crippen molar-refractivity contribution >= 4 is 38.9 Å². The molecule has 0 aliphatic heterocycles. The number of nitrogen functional groups attached to an aromatic ring is 1. The van der Waals surface area contributed by atoms with Crippen LogP contribution in [0.5, 0.6) is 11.5 Å². The number of rotatable bonds is 7. The maximum atomic E-state index is 14.2. The summed E-state index contributed by atoms with van der Waals surface area (Å²) in [6, 6.07) is 14.4. The smallest absolute Gasteiger partial charge is 0.224 e. The lowest BCUT2D eigenvalue weighted by molar-refractivity contribution is 0.0298. The number of carbonyl (C=O) groups excluding carboxylic acids is 2. The van der Waals surface area contributed by atoms with Gasteiger partial charge in [-0.2, -0.15) is 0 Å². The molecule has 4 unspecified atom stereocenters. The SMILES string of the molecule is CC(C)c1ccc2c(c1)CCC1C(C)(CNS(=O)(=O)C3(C)C=CC=C(Oc4cc(O)c5c(c4N)C(=O)c4ccccc4C5=O)C(Cl)=C3)CCCC21C. The number of ether oxygens (including phenoxy) is 1. The normalized spacial score (nSPS) is 26.8. The third-order valence-corrected chi connectivity index (χ3v) is 14.4. The number of hydrogen-bond acceptors (Lipinski definition) is 7. The first-order valence-corrected chi connectivity index (χ1v) is 19.8. The monoisotopic (exact) mass is 740 g/mol. The van der Waals surface area contributed by atoms with Crippen LogP contribution < -0.4 is 15.2 Å². The molecule has 1 fully saturated rings. The molecule has 4 atom stereocenters. The van der Waals surface area contributed by atoms with E-state index in [1.165, 1.54) is 47.1 Å². The van der Waals surface area contributed by atoms with Gasteiger partial charge in [0.2, 0.25) is 10.0 Å². The molecule has 4 aliphatic rings. The zero-order valence-electron chi connectivity index (χ0n) is 30.2. The zero-order chi connectivity index (χ0) is 37.4. The molecule has 3 aromatic rings. The Kier molecular flexibility index (Phi) is 8.87. The molecule has 272 valence electrons. The number of benzene rings is 3. The van der Waals surface area contributed by atoms with Gasteiger partial charge in [0.25, 0.3) is 0 Å². The molecular formula is C42H45ClN2O6S. The Morgan fingerprint density at radius 1 is 1.02 bits per heavy atom. The Morgan fingerprint density at radius 2 is 1.71 bits per heavy atom. The van der Waals surface area contributed by atoms with E-state index in [2.05, 4.69) is 50.6 Å². The number of sulfonamides is 1. The summed E-state index contributed by atoms with van der Waals surface area (Å²) in [6.45, 7) is 10.9. The van der Waals surface area contributed by atoms with E-state index in [0.717, 1.165) is 38.2 Å². The summed E-state index contributed by atoms with van der Waals surface area (Å²) in [7, 11) is -4.01. The van der Waals surface area contributed by atoms with Crippen molar-refractivity contribution in [2.45, 2.75) is 82.8 Å². The first kappa shape index (κ1) is 36.2. The standard InChI is InChI=1S/C42H45ClN2O6S/c1-24(2)25-13-15-29-26(20-25)14-16-34-40(3,17-9-19-42(29,34)5)23-45-52(49,50)41(4)18-8-12-32(30(43)22-41)51-33-21-31(46)35-36(37(33)44)39(48)28-11-7-6-10-27(28)38(35)47/h6-8,10-13,15,18,20-22,24,34,45-46H,9,14,16-17,19,23,44H2,1-5H3. The van der Waals surface area contributed by atoms with E-state index in [1.807, 2.05) is 0 Å². The molecular weight excluding hydrogens is 696 g/mol. The van der Waals surface area contributed by atoms with Gasteiger partial charge < -0.3 is 15.6 Å². The third kappa shape index (κ3) is 5.72. The number of ketones is 2. The van der Waals surface area contributed by atoms with Crippen molar-refractivity contribution in [3.05, 3.63) is 123 Å². The van der Waals surface area contributed by atoms with Gasteiger partial charge in [-0.25, -0.2) is 13.1 Å². The number of nitrogens with two attached hydrogens (primary N) is 1. The van der Waals surface area contributed by atoms with Crippen LogP contribution in [-0.2, 0) is 21.9 Å². The van der Waals surface area contributed by atoms with Crippen molar-refractivity contribution in [1.82, 2.24) is 4.72 Å². The summed E-state index contributed by atoms with van der Waals surface area (Å²) in [5.74, 6) is -0.791. The quantitative estimate of drug-likeness (QED) is 0.128. The molecule has 7 rings (SSSR count). The number of hydrogen-bond donors (Lipinski definition) is 3. The van der Waals surface area contributed by atoms with E-state index in [-0.39, 0.29) is 55.3 Å². The van der Waals surface area contributed by atoms with Gasteiger partial charge in [-0.15, -0.1) is 0 Å². The number of nitrogens with one attached hydrogen (secondary N) is 1. The molecule has 0 amide bonds. The average molecular weight is 741 g/mol. The molecule has 3 aromatic carbocycles. The molecule has 0 bridgehead atoms. The van der Waals surface area contributed by atoms with Gasteiger partial charge in [0.15, 0.2) is 17.3 Å². The van der Waals surface area contributed by atoms with Crippen molar-refractivity contribution in [2.75, 3.05) is 12.3 Å². The number of phenols is 1. The van der Waals surface area contributed by atoms with Crippen molar-refractivity contribution in [3.63, 3.8) is 0 Å². The van der Waals surface area contributed by atoms with E-state index in [4.69, 9.17) is 22.1 Å². The number of carbonyl (C=O) groups is 2. The highest BCUT2D eigenvalue weighted by atomic mass is 35.5. The summed E-state index contributed by atoms with van der Waals surface area (Å²) in [4.78, 5) is 26.6. The first-order chi connectivity index (χ1) is 24.5. The van der Waals surface area contributed by atoms with Crippen molar-refractivity contribution in [3.8, 4) is 11.5 Å². The topological polar surface area (TPSA) is 136 Å². The molecule has 52 heavy (non-hydrogen) atoms. The maximum Gasteiger partial charge on any atom is 0.224 e. The molecule has 4 aliphatic carbocycles. The Balaban J connectivity index is 1.11. The van der Waals surface area contributed by atoms with E-state index in [1.54, 1.807) is 25.1 Å².